The lowest BCUT2D eigenvalue weighted by molar-refractivity contribution is -0.118. The predicted molar refractivity (Wildman–Crippen MR) is 120 cm³/mol. The summed E-state index contributed by atoms with van der Waals surface area (Å²) in [6.07, 6.45) is 0. The average Bonchev–Trinajstić information content (AvgIpc) is 2.65. The molecule has 0 saturated carbocycles. The highest BCUT2D eigenvalue weighted by molar-refractivity contribution is 5.95. The second-order valence-corrected chi connectivity index (χ2v) is 8.28. The fourth-order valence-corrected chi connectivity index (χ4v) is 3.13. The molecule has 5 heteroatoms. The predicted octanol–water partition coefficient (Wildman–Crippen LogP) is 4.71. The van der Waals surface area contributed by atoms with Gasteiger partial charge in [0, 0.05) is 49.5 Å². The molecule has 0 spiro atoms. The molecule has 2 rings (SSSR count). The molecule has 0 aliphatic rings. The SMILES string of the molecule is Cc1cccc(C(=O)N(Cc2cc(NC(=O)C(C)C)ccc2N(C)C)C(C)C)c1. The Labute approximate surface area is 174 Å². The molecule has 0 aromatic heterocycles. The zero-order chi connectivity index (χ0) is 21.7. The molecule has 0 saturated heterocycles. The van der Waals surface area contributed by atoms with Crippen LogP contribution in [0.5, 0.6) is 0 Å². The van der Waals surface area contributed by atoms with Crippen molar-refractivity contribution >= 4 is 23.2 Å². The standard InChI is InChI=1S/C24H33N3O2/c1-16(2)23(28)25-21-11-12-22(26(6)7)20(14-21)15-27(17(3)4)24(29)19-10-8-9-18(5)13-19/h8-14,16-17H,15H2,1-7H3,(H,25,28). The molecular weight excluding hydrogens is 362 g/mol. The van der Waals surface area contributed by atoms with Crippen LogP contribution >= 0.6 is 0 Å². The van der Waals surface area contributed by atoms with E-state index in [4.69, 9.17) is 0 Å². The van der Waals surface area contributed by atoms with E-state index in [1.807, 2.05) is 101 Å². The van der Waals surface area contributed by atoms with Gasteiger partial charge in [-0.15, -0.1) is 0 Å². The van der Waals surface area contributed by atoms with Crippen LogP contribution in [0.4, 0.5) is 11.4 Å². The van der Waals surface area contributed by atoms with Crippen LogP contribution in [-0.2, 0) is 11.3 Å². The quantitative estimate of drug-likeness (QED) is 0.739. The summed E-state index contributed by atoms with van der Waals surface area (Å²) in [5.74, 6) is -0.114. The van der Waals surface area contributed by atoms with Gasteiger partial charge in [0.25, 0.3) is 5.91 Å². The summed E-state index contributed by atoms with van der Waals surface area (Å²) in [7, 11) is 3.96. The van der Waals surface area contributed by atoms with E-state index >= 15 is 0 Å². The smallest absolute Gasteiger partial charge is 0.254 e. The molecule has 0 aliphatic heterocycles. The third kappa shape index (κ3) is 5.83. The second kappa shape index (κ2) is 9.59. The Hall–Kier alpha value is -2.82. The van der Waals surface area contributed by atoms with Crippen molar-refractivity contribution in [1.82, 2.24) is 4.90 Å². The molecule has 0 unspecified atom stereocenters. The number of nitrogens with one attached hydrogen (secondary N) is 1. The van der Waals surface area contributed by atoms with Gasteiger partial charge in [-0.25, -0.2) is 0 Å². The molecule has 0 aliphatic carbocycles. The van der Waals surface area contributed by atoms with Crippen molar-refractivity contribution in [3.63, 3.8) is 0 Å². The van der Waals surface area contributed by atoms with E-state index in [2.05, 4.69) is 5.32 Å². The third-order valence-corrected chi connectivity index (χ3v) is 4.84. The zero-order valence-electron chi connectivity index (χ0n) is 18.6. The van der Waals surface area contributed by atoms with Crippen LogP contribution in [-0.4, -0.2) is 36.9 Å². The minimum atomic E-state index is -0.0953. The monoisotopic (exact) mass is 395 g/mol. The number of anilines is 2. The highest BCUT2D eigenvalue weighted by atomic mass is 16.2. The topological polar surface area (TPSA) is 52.7 Å². The molecular formula is C24H33N3O2. The van der Waals surface area contributed by atoms with Crippen LogP contribution in [0.2, 0.25) is 0 Å². The number of nitrogens with zero attached hydrogens (tertiary/aromatic N) is 2. The van der Waals surface area contributed by atoms with Crippen molar-refractivity contribution in [2.45, 2.75) is 47.2 Å². The van der Waals surface area contributed by atoms with Crippen molar-refractivity contribution in [3.05, 3.63) is 59.2 Å². The molecule has 1 N–H and O–H groups in total. The Morgan fingerprint density at radius 2 is 1.69 bits per heavy atom. The van der Waals surface area contributed by atoms with Crippen LogP contribution in [0.15, 0.2) is 42.5 Å². The van der Waals surface area contributed by atoms with Crippen LogP contribution in [0.3, 0.4) is 0 Å². The van der Waals surface area contributed by atoms with Crippen LogP contribution in [0, 0.1) is 12.8 Å². The molecule has 2 amide bonds. The molecule has 2 aromatic rings. The van der Waals surface area contributed by atoms with Gasteiger partial charge in [0.1, 0.15) is 0 Å². The summed E-state index contributed by atoms with van der Waals surface area (Å²) in [5, 5.41) is 2.96. The zero-order valence-corrected chi connectivity index (χ0v) is 18.6. The van der Waals surface area contributed by atoms with Crippen molar-refractivity contribution in [2.24, 2.45) is 5.92 Å². The highest BCUT2D eigenvalue weighted by Crippen LogP contribution is 2.26. The van der Waals surface area contributed by atoms with Gasteiger partial charge >= 0.3 is 0 Å². The molecule has 0 fully saturated rings. The van der Waals surface area contributed by atoms with E-state index in [1.165, 1.54) is 0 Å². The minimum Gasteiger partial charge on any atom is -0.377 e. The number of amides is 2. The molecule has 0 radical (unpaired) electrons. The normalized spacial score (nSPS) is 10.9. The number of aryl methyl sites for hydroxylation is 1. The summed E-state index contributed by atoms with van der Waals surface area (Å²) < 4.78 is 0. The Kier molecular flexibility index (Phi) is 7.43. The van der Waals surface area contributed by atoms with Crippen molar-refractivity contribution < 1.29 is 9.59 Å². The lowest BCUT2D eigenvalue weighted by atomic mass is 10.1. The van der Waals surface area contributed by atoms with Gasteiger partial charge in [-0.1, -0.05) is 31.5 Å². The maximum Gasteiger partial charge on any atom is 0.254 e. The Morgan fingerprint density at radius 3 is 2.24 bits per heavy atom. The lowest BCUT2D eigenvalue weighted by Crippen LogP contribution is -2.36. The fourth-order valence-electron chi connectivity index (χ4n) is 3.13. The van der Waals surface area contributed by atoms with E-state index in [1.54, 1.807) is 0 Å². The van der Waals surface area contributed by atoms with Crippen LogP contribution in [0.25, 0.3) is 0 Å². The largest absolute Gasteiger partial charge is 0.377 e. The number of hydrogen-bond donors (Lipinski definition) is 1. The first-order valence-corrected chi connectivity index (χ1v) is 10.1. The molecule has 156 valence electrons. The number of carbonyl (C=O) groups excluding carboxylic acids is 2. The molecule has 5 nitrogen and oxygen atoms in total. The van der Waals surface area contributed by atoms with Gasteiger partial charge in [-0.2, -0.15) is 0 Å². The van der Waals surface area contributed by atoms with E-state index in [0.717, 1.165) is 22.5 Å². The molecule has 29 heavy (non-hydrogen) atoms. The maximum atomic E-state index is 13.2. The number of hydrogen-bond acceptors (Lipinski definition) is 3. The van der Waals surface area contributed by atoms with Crippen LogP contribution in [0.1, 0.15) is 49.2 Å². The average molecular weight is 396 g/mol. The highest BCUT2D eigenvalue weighted by Gasteiger charge is 2.21. The summed E-state index contributed by atoms with van der Waals surface area (Å²) in [6.45, 7) is 10.2. The van der Waals surface area contributed by atoms with Gasteiger partial charge in [0.15, 0.2) is 0 Å². The first-order valence-electron chi connectivity index (χ1n) is 10.1. The van der Waals surface area contributed by atoms with Gasteiger partial charge in [0.2, 0.25) is 5.91 Å². The van der Waals surface area contributed by atoms with Crippen LogP contribution < -0.4 is 10.2 Å². The van der Waals surface area contributed by atoms with Crippen molar-refractivity contribution in [3.8, 4) is 0 Å². The second-order valence-electron chi connectivity index (χ2n) is 8.28. The minimum absolute atomic E-state index is 0.00465. The summed E-state index contributed by atoms with van der Waals surface area (Å²) in [4.78, 5) is 29.2. The molecule has 0 heterocycles. The Morgan fingerprint density at radius 1 is 1.00 bits per heavy atom. The maximum absolute atomic E-state index is 13.2. The number of benzene rings is 2. The number of rotatable bonds is 7. The molecule has 2 aromatic carbocycles. The van der Waals surface area contributed by atoms with Crippen molar-refractivity contribution in [1.29, 1.82) is 0 Å². The summed E-state index contributed by atoms with van der Waals surface area (Å²) >= 11 is 0. The van der Waals surface area contributed by atoms with E-state index in [-0.39, 0.29) is 23.8 Å². The van der Waals surface area contributed by atoms with Gasteiger partial charge in [0.05, 0.1) is 0 Å². The third-order valence-electron chi connectivity index (χ3n) is 4.84. The fraction of sp³-hybridized carbons (Fsp3) is 0.417. The summed E-state index contributed by atoms with van der Waals surface area (Å²) in [6, 6.07) is 13.6. The van der Waals surface area contributed by atoms with Crippen molar-refractivity contribution in [2.75, 3.05) is 24.3 Å². The first kappa shape index (κ1) is 22.5. The molecule has 0 atom stereocenters. The lowest BCUT2D eigenvalue weighted by Gasteiger charge is -2.29. The first-order chi connectivity index (χ1) is 13.6. The summed E-state index contributed by atoms with van der Waals surface area (Å²) in [5.41, 5.74) is 4.51. The van der Waals surface area contributed by atoms with Gasteiger partial charge in [-0.3, -0.25) is 9.59 Å². The van der Waals surface area contributed by atoms with E-state index in [0.29, 0.717) is 12.1 Å². The van der Waals surface area contributed by atoms with E-state index in [9.17, 15) is 9.59 Å². The van der Waals surface area contributed by atoms with Gasteiger partial charge in [-0.05, 0) is 56.7 Å². The Bertz CT molecular complexity index is 872. The molecule has 0 bridgehead atoms. The Balaban J connectivity index is 2.38. The van der Waals surface area contributed by atoms with E-state index < -0.39 is 0 Å². The number of carbonyl (C=O) groups is 2. The van der Waals surface area contributed by atoms with Gasteiger partial charge < -0.3 is 15.1 Å².